The molecule has 2 aliphatic carbocycles. The van der Waals surface area contributed by atoms with Gasteiger partial charge in [-0.2, -0.15) is 0 Å². The molecule has 0 heterocycles. The fourth-order valence-electron chi connectivity index (χ4n) is 5.59. The maximum atomic E-state index is 9.73. The molecule has 2 fully saturated rings. The van der Waals surface area contributed by atoms with Crippen molar-refractivity contribution < 1.29 is 10.2 Å². The second-order valence-electron chi connectivity index (χ2n) is 7.75. The molecule has 3 atom stereocenters. The minimum atomic E-state index is -0.0209. The summed E-state index contributed by atoms with van der Waals surface area (Å²) in [5.41, 5.74) is 2.57. The molecule has 2 aromatic rings. The number of phenolic OH excluding ortho intramolecular Hbond substituents is 2. The van der Waals surface area contributed by atoms with Crippen molar-refractivity contribution in [2.24, 2.45) is 17.8 Å². The Morgan fingerprint density at radius 3 is 1.88 bits per heavy atom. The smallest absolute Gasteiger partial charge is 0.115 e. The van der Waals surface area contributed by atoms with Crippen LogP contribution in [0, 0.1) is 17.8 Å². The Morgan fingerprint density at radius 1 is 0.792 bits per heavy atom. The number of phenols is 2. The van der Waals surface area contributed by atoms with E-state index >= 15 is 0 Å². The van der Waals surface area contributed by atoms with Crippen molar-refractivity contribution in [3.63, 3.8) is 0 Å². The molecular formula is C22H26O2. The molecule has 2 aliphatic rings. The van der Waals surface area contributed by atoms with Gasteiger partial charge in [0.15, 0.2) is 0 Å². The van der Waals surface area contributed by atoms with Gasteiger partial charge in [-0.05, 0) is 72.4 Å². The van der Waals surface area contributed by atoms with Gasteiger partial charge in [-0.25, -0.2) is 0 Å². The molecule has 4 rings (SSSR count). The van der Waals surface area contributed by atoms with Crippen molar-refractivity contribution in [1.82, 2.24) is 0 Å². The van der Waals surface area contributed by atoms with E-state index in [1.165, 1.54) is 36.8 Å². The topological polar surface area (TPSA) is 40.5 Å². The van der Waals surface area contributed by atoms with Gasteiger partial charge in [0.05, 0.1) is 0 Å². The molecule has 0 bridgehead atoms. The van der Waals surface area contributed by atoms with Crippen molar-refractivity contribution >= 4 is 0 Å². The molecule has 0 aliphatic heterocycles. The van der Waals surface area contributed by atoms with Gasteiger partial charge >= 0.3 is 0 Å². The summed E-state index contributed by atoms with van der Waals surface area (Å²) in [6.07, 6.45) is 6.50. The lowest BCUT2D eigenvalue weighted by atomic mass is 9.54. The van der Waals surface area contributed by atoms with Crippen LogP contribution >= 0.6 is 0 Å². The third-order valence-electron chi connectivity index (χ3n) is 6.81. The number of fused-ring (bicyclic) bond motifs is 1. The molecule has 3 unspecified atom stereocenters. The summed E-state index contributed by atoms with van der Waals surface area (Å²) in [6, 6.07) is 15.6. The second-order valence-corrected chi connectivity index (χ2v) is 7.75. The average molecular weight is 322 g/mol. The molecule has 126 valence electrons. The Morgan fingerprint density at radius 2 is 1.33 bits per heavy atom. The van der Waals surface area contributed by atoms with Crippen LogP contribution in [0.2, 0.25) is 0 Å². The zero-order chi connectivity index (χ0) is 16.7. The summed E-state index contributed by atoms with van der Waals surface area (Å²) in [4.78, 5) is 0. The minimum Gasteiger partial charge on any atom is -0.508 e. The zero-order valence-corrected chi connectivity index (χ0v) is 14.3. The predicted molar refractivity (Wildman–Crippen MR) is 96.2 cm³/mol. The molecule has 0 aromatic heterocycles. The Kier molecular flexibility index (Phi) is 3.79. The van der Waals surface area contributed by atoms with Gasteiger partial charge < -0.3 is 10.2 Å². The van der Waals surface area contributed by atoms with Crippen LogP contribution in [0.15, 0.2) is 48.5 Å². The Bertz CT molecular complexity index is 656. The van der Waals surface area contributed by atoms with Crippen molar-refractivity contribution in [1.29, 1.82) is 0 Å². The molecule has 0 spiro atoms. The van der Waals surface area contributed by atoms with E-state index in [4.69, 9.17) is 0 Å². The molecule has 0 amide bonds. The van der Waals surface area contributed by atoms with Crippen LogP contribution in [-0.4, -0.2) is 10.2 Å². The van der Waals surface area contributed by atoms with Gasteiger partial charge in [0.25, 0.3) is 0 Å². The van der Waals surface area contributed by atoms with E-state index in [2.05, 4.69) is 31.2 Å². The molecule has 0 saturated heterocycles. The number of aromatic hydroxyl groups is 2. The highest BCUT2D eigenvalue weighted by Gasteiger charge is 2.49. The van der Waals surface area contributed by atoms with Crippen LogP contribution in [0.4, 0.5) is 0 Å². The number of hydrogen-bond acceptors (Lipinski definition) is 2. The first-order valence-corrected chi connectivity index (χ1v) is 9.20. The summed E-state index contributed by atoms with van der Waals surface area (Å²) in [5.74, 6) is 2.86. The fourth-order valence-corrected chi connectivity index (χ4v) is 5.59. The van der Waals surface area contributed by atoms with E-state index in [1.807, 2.05) is 24.3 Å². The molecule has 24 heavy (non-hydrogen) atoms. The van der Waals surface area contributed by atoms with E-state index in [0.29, 0.717) is 17.4 Å². The van der Waals surface area contributed by atoms with E-state index in [9.17, 15) is 10.2 Å². The fraction of sp³-hybridized carbons (Fsp3) is 0.455. The largest absolute Gasteiger partial charge is 0.508 e. The van der Waals surface area contributed by atoms with Gasteiger partial charge in [-0.15, -0.1) is 0 Å². The SMILES string of the molecule is CC1C2CCCC2CCC1(c1ccc(O)cc1)c1ccc(O)cc1. The van der Waals surface area contributed by atoms with Gasteiger partial charge in [0.2, 0.25) is 0 Å². The Labute approximate surface area is 144 Å². The molecule has 2 aromatic carbocycles. The molecular weight excluding hydrogens is 296 g/mol. The third kappa shape index (κ3) is 2.31. The van der Waals surface area contributed by atoms with Gasteiger partial charge in [0, 0.05) is 5.41 Å². The number of benzene rings is 2. The van der Waals surface area contributed by atoms with Crippen LogP contribution in [-0.2, 0) is 5.41 Å². The summed E-state index contributed by atoms with van der Waals surface area (Å²) < 4.78 is 0. The molecule has 2 saturated carbocycles. The third-order valence-corrected chi connectivity index (χ3v) is 6.81. The predicted octanol–water partition coefficient (Wildman–Crippen LogP) is 5.23. The van der Waals surface area contributed by atoms with E-state index < -0.39 is 0 Å². The Hall–Kier alpha value is -1.96. The van der Waals surface area contributed by atoms with Gasteiger partial charge in [0.1, 0.15) is 11.5 Å². The molecule has 2 heteroatoms. The van der Waals surface area contributed by atoms with Crippen LogP contribution in [0.5, 0.6) is 11.5 Å². The lowest BCUT2D eigenvalue weighted by Gasteiger charge is -2.49. The Balaban J connectivity index is 1.86. The first-order chi connectivity index (χ1) is 11.6. The highest BCUT2D eigenvalue weighted by Crippen LogP contribution is 2.57. The van der Waals surface area contributed by atoms with E-state index in [0.717, 1.165) is 18.3 Å². The standard InChI is InChI=1S/C22H26O2/c1-15-21-4-2-3-16(21)13-14-22(15,17-5-9-19(23)10-6-17)18-7-11-20(24)12-8-18/h5-12,15-16,21,23-24H,2-4,13-14H2,1H3. The first-order valence-electron chi connectivity index (χ1n) is 9.20. The summed E-state index contributed by atoms with van der Waals surface area (Å²) in [5, 5.41) is 19.5. The average Bonchev–Trinajstić information content (AvgIpc) is 3.07. The van der Waals surface area contributed by atoms with Crippen LogP contribution in [0.25, 0.3) is 0 Å². The summed E-state index contributed by atoms with van der Waals surface area (Å²) >= 11 is 0. The normalized spacial score (nSPS) is 28.5. The van der Waals surface area contributed by atoms with Gasteiger partial charge in [-0.1, -0.05) is 44.0 Å². The number of rotatable bonds is 2. The van der Waals surface area contributed by atoms with Crippen LogP contribution in [0.1, 0.15) is 50.2 Å². The summed E-state index contributed by atoms with van der Waals surface area (Å²) in [7, 11) is 0. The molecule has 2 nitrogen and oxygen atoms in total. The van der Waals surface area contributed by atoms with Crippen molar-refractivity contribution in [2.45, 2.75) is 44.4 Å². The first kappa shape index (κ1) is 15.6. The highest BCUT2D eigenvalue weighted by molar-refractivity contribution is 5.44. The number of hydrogen-bond donors (Lipinski definition) is 2. The maximum absolute atomic E-state index is 9.73. The van der Waals surface area contributed by atoms with Crippen LogP contribution < -0.4 is 0 Å². The second kappa shape index (κ2) is 5.84. The zero-order valence-electron chi connectivity index (χ0n) is 14.3. The monoisotopic (exact) mass is 322 g/mol. The highest BCUT2D eigenvalue weighted by atomic mass is 16.3. The van der Waals surface area contributed by atoms with E-state index in [1.54, 1.807) is 0 Å². The van der Waals surface area contributed by atoms with Crippen LogP contribution in [0.3, 0.4) is 0 Å². The maximum Gasteiger partial charge on any atom is 0.115 e. The lowest BCUT2D eigenvalue weighted by Crippen LogP contribution is -2.44. The van der Waals surface area contributed by atoms with Crippen molar-refractivity contribution in [3.05, 3.63) is 59.7 Å². The van der Waals surface area contributed by atoms with E-state index in [-0.39, 0.29) is 5.41 Å². The van der Waals surface area contributed by atoms with Gasteiger partial charge in [-0.3, -0.25) is 0 Å². The quantitative estimate of drug-likeness (QED) is 0.795. The van der Waals surface area contributed by atoms with Crippen molar-refractivity contribution in [3.8, 4) is 11.5 Å². The summed E-state index contributed by atoms with van der Waals surface area (Å²) in [6.45, 7) is 2.42. The van der Waals surface area contributed by atoms with Crippen molar-refractivity contribution in [2.75, 3.05) is 0 Å². The minimum absolute atomic E-state index is 0.0209. The lowest BCUT2D eigenvalue weighted by molar-refractivity contribution is 0.118. The molecule has 0 radical (unpaired) electrons. The molecule has 2 N–H and O–H groups in total.